The molecule has 2 rings (SSSR count). The lowest BCUT2D eigenvalue weighted by molar-refractivity contribution is -0.119. The molecule has 1 aliphatic rings. The second kappa shape index (κ2) is 5.17. The predicted octanol–water partition coefficient (Wildman–Crippen LogP) is 3.51. The Labute approximate surface area is 103 Å². The van der Waals surface area contributed by atoms with Gasteiger partial charge in [-0.2, -0.15) is 0 Å². The number of benzene rings is 1. The summed E-state index contributed by atoms with van der Waals surface area (Å²) in [6, 6.07) is 8.26. The third kappa shape index (κ3) is 2.96. The second-order valence-electron chi connectivity index (χ2n) is 4.86. The smallest absolute Gasteiger partial charge is 0.133 e. The van der Waals surface area contributed by atoms with Crippen molar-refractivity contribution in [3.63, 3.8) is 0 Å². The molecule has 1 aromatic rings. The molecule has 1 N–H and O–H groups in total. The highest BCUT2D eigenvalue weighted by Gasteiger charge is 2.23. The summed E-state index contributed by atoms with van der Waals surface area (Å²) >= 11 is 0. The van der Waals surface area contributed by atoms with Crippen molar-refractivity contribution in [2.24, 2.45) is 0 Å². The molecule has 0 radical (unpaired) electrons. The fraction of sp³-hybridized carbons (Fsp3) is 0.400. The molecule has 0 spiro atoms. The molecule has 1 atom stereocenters. The average molecular weight is 229 g/mol. The highest BCUT2D eigenvalue weighted by molar-refractivity contribution is 5.80. The van der Waals surface area contributed by atoms with Crippen LogP contribution in [0.3, 0.4) is 0 Å². The number of allylic oxidation sites excluding steroid dienone is 1. The van der Waals surface area contributed by atoms with Crippen LogP contribution in [0.4, 0.5) is 5.69 Å². The number of Topliss-reactive ketones (excluding diaryl/α,β-unsaturated/α-hetero) is 1. The summed E-state index contributed by atoms with van der Waals surface area (Å²) in [6.07, 6.45) is 2.10. The Bertz CT molecular complexity index is 436. The van der Waals surface area contributed by atoms with Gasteiger partial charge in [0.2, 0.25) is 0 Å². The lowest BCUT2D eigenvalue weighted by Gasteiger charge is -2.09. The van der Waals surface area contributed by atoms with Crippen LogP contribution >= 0.6 is 0 Å². The molecule has 0 saturated heterocycles. The van der Waals surface area contributed by atoms with Crippen molar-refractivity contribution < 1.29 is 4.79 Å². The Morgan fingerprint density at radius 3 is 2.94 bits per heavy atom. The second-order valence-corrected chi connectivity index (χ2v) is 4.86. The highest BCUT2D eigenvalue weighted by Crippen LogP contribution is 2.33. The molecule has 1 aliphatic heterocycles. The van der Waals surface area contributed by atoms with Crippen LogP contribution in [-0.4, -0.2) is 12.3 Å². The molecule has 17 heavy (non-hydrogen) atoms. The van der Waals surface area contributed by atoms with E-state index in [-0.39, 0.29) is 0 Å². The Balaban J connectivity index is 1.93. The van der Waals surface area contributed by atoms with Crippen molar-refractivity contribution in [1.82, 2.24) is 0 Å². The zero-order valence-corrected chi connectivity index (χ0v) is 10.3. The predicted molar refractivity (Wildman–Crippen MR) is 71.3 cm³/mol. The van der Waals surface area contributed by atoms with Crippen molar-refractivity contribution in [3.05, 3.63) is 42.0 Å². The van der Waals surface area contributed by atoms with Gasteiger partial charge in [-0.05, 0) is 25.0 Å². The first-order valence-corrected chi connectivity index (χ1v) is 6.15. The molecule has 0 amide bonds. The number of para-hydroxylation sites is 1. The van der Waals surface area contributed by atoms with E-state index in [1.165, 1.54) is 11.3 Å². The van der Waals surface area contributed by atoms with Gasteiger partial charge in [-0.1, -0.05) is 23.8 Å². The normalized spacial score (nSPS) is 17.4. The zero-order valence-electron chi connectivity index (χ0n) is 10.3. The van der Waals surface area contributed by atoms with Gasteiger partial charge in [0, 0.05) is 31.0 Å². The van der Waals surface area contributed by atoms with E-state index >= 15 is 0 Å². The molecule has 2 nitrogen and oxygen atoms in total. The number of ketones is 1. The van der Waals surface area contributed by atoms with E-state index in [0.717, 1.165) is 18.5 Å². The van der Waals surface area contributed by atoms with Crippen LogP contribution in [0.25, 0.3) is 0 Å². The topological polar surface area (TPSA) is 29.1 Å². The number of nitrogens with one attached hydrogen (secondary N) is 1. The van der Waals surface area contributed by atoms with Gasteiger partial charge in [-0.3, -0.25) is 4.79 Å². The third-order valence-corrected chi connectivity index (χ3v) is 3.24. The molecule has 1 aromatic carbocycles. The van der Waals surface area contributed by atoms with Crippen LogP contribution in [0.5, 0.6) is 0 Å². The van der Waals surface area contributed by atoms with Crippen LogP contribution in [0, 0.1) is 0 Å². The molecule has 2 heteroatoms. The SMILES string of the molecule is C=C(C)CCC(=O)CC1CNc2ccccc21. The number of hydrogen-bond donors (Lipinski definition) is 1. The summed E-state index contributed by atoms with van der Waals surface area (Å²) in [5.41, 5.74) is 3.56. The third-order valence-electron chi connectivity index (χ3n) is 3.24. The first kappa shape index (κ1) is 11.9. The molecular weight excluding hydrogens is 210 g/mol. The number of carbonyl (C=O) groups is 1. The van der Waals surface area contributed by atoms with E-state index in [4.69, 9.17) is 0 Å². The summed E-state index contributed by atoms with van der Waals surface area (Å²) in [5.74, 6) is 0.695. The van der Waals surface area contributed by atoms with Gasteiger partial charge in [0.25, 0.3) is 0 Å². The molecule has 1 heterocycles. The number of hydrogen-bond acceptors (Lipinski definition) is 2. The quantitative estimate of drug-likeness (QED) is 0.783. The minimum absolute atomic E-state index is 0.344. The molecule has 0 aromatic heterocycles. The summed E-state index contributed by atoms with van der Waals surface area (Å²) in [4.78, 5) is 11.8. The van der Waals surface area contributed by atoms with Crippen molar-refractivity contribution in [1.29, 1.82) is 0 Å². The van der Waals surface area contributed by atoms with Gasteiger partial charge in [-0.15, -0.1) is 6.58 Å². The molecule has 90 valence electrons. The number of carbonyl (C=O) groups excluding carboxylic acids is 1. The van der Waals surface area contributed by atoms with Crippen molar-refractivity contribution in [2.75, 3.05) is 11.9 Å². The van der Waals surface area contributed by atoms with Crippen molar-refractivity contribution in [2.45, 2.75) is 32.1 Å². The summed E-state index contributed by atoms with van der Waals surface area (Å²) < 4.78 is 0. The fourth-order valence-electron chi connectivity index (χ4n) is 2.27. The van der Waals surface area contributed by atoms with Crippen LogP contribution in [-0.2, 0) is 4.79 Å². The molecule has 0 bridgehead atoms. The van der Waals surface area contributed by atoms with Crippen LogP contribution < -0.4 is 5.32 Å². The molecule has 1 unspecified atom stereocenters. The van der Waals surface area contributed by atoms with Gasteiger partial charge >= 0.3 is 0 Å². The van der Waals surface area contributed by atoms with E-state index in [1.807, 2.05) is 19.1 Å². The van der Waals surface area contributed by atoms with Crippen LogP contribution in [0.2, 0.25) is 0 Å². The number of fused-ring (bicyclic) bond motifs is 1. The monoisotopic (exact) mass is 229 g/mol. The maximum Gasteiger partial charge on any atom is 0.133 e. The van der Waals surface area contributed by atoms with Gasteiger partial charge in [-0.25, -0.2) is 0 Å². The Morgan fingerprint density at radius 2 is 2.18 bits per heavy atom. The minimum Gasteiger partial charge on any atom is -0.384 e. The van der Waals surface area contributed by atoms with Crippen LogP contribution in [0.1, 0.15) is 37.7 Å². The lowest BCUT2D eigenvalue weighted by Crippen LogP contribution is -2.09. The number of anilines is 1. The lowest BCUT2D eigenvalue weighted by atomic mass is 9.94. The van der Waals surface area contributed by atoms with E-state index < -0.39 is 0 Å². The zero-order chi connectivity index (χ0) is 12.3. The summed E-state index contributed by atoms with van der Waals surface area (Å²) in [6.45, 7) is 6.69. The first-order valence-electron chi connectivity index (χ1n) is 6.15. The maximum absolute atomic E-state index is 11.8. The summed E-state index contributed by atoms with van der Waals surface area (Å²) in [7, 11) is 0. The molecular formula is C15H19NO. The van der Waals surface area contributed by atoms with Crippen molar-refractivity contribution >= 4 is 11.5 Å². The number of rotatable bonds is 5. The molecule has 0 aliphatic carbocycles. The van der Waals surface area contributed by atoms with Crippen LogP contribution in [0.15, 0.2) is 36.4 Å². The largest absolute Gasteiger partial charge is 0.384 e. The Kier molecular flexibility index (Phi) is 3.62. The summed E-state index contributed by atoms with van der Waals surface area (Å²) in [5, 5.41) is 3.35. The average Bonchev–Trinajstić information content (AvgIpc) is 2.70. The molecule has 0 fully saturated rings. The van der Waals surface area contributed by atoms with E-state index in [0.29, 0.717) is 24.5 Å². The highest BCUT2D eigenvalue weighted by atomic mass is 16.1. The van der Waals surface area contributed by atoms with E-state index in [2.05, 4.69) is 24.0 Å². The minimum atomic E-state index is 0.344. The van der Waals surface area contributed by atoms with Crippen molar-refractivity contribution in [3.8, 4) is 0 Å². The Hall–Kier alpha value is -1.57. The van der Waals surface area contributed by atoms with Gasteiger partial charge in [0.1, 0.15) is 5.78 Å². The van der Waals surface area contributed by atoms with Gasteiger partial charge in [0.15, 0.2) is 0 Å². The fourth-order valence-corrected chi connectivity index (χ4v) is 2.27. The standard InChI is InChI=1S/C15H19NO/c1-11(2)7-8-13(17)9-12-10-16-15-6-4-3-5-14(12)15/h3-6,12,16H,1,7-10H2,2H3. The maximum atomic E-state index is 11.8. The van der Waals surface area contributed by atoms with E-state index in [9.17, 15) is 4.79 Å². The van der Waals surface area contributed by atoms with Gasteiger partial charge in [0.05, 0.1) is 0 Å². The first-order chi connectivity index (χ1) is 8.16. The van der Waals surface area contributed by atoms with E-state index in [1.54, 1.807) is 0 Å². The van der Waals surface area contributed by atoms with Gasteiger partial charge < -0.3 is 5.32 Å². The Morgan fingerprint density at radius 1 is 1.41 bits per heavy atom. The molecule has 0 saturated carbocycles.